The van der Waals surface area contributed by atoms with Gasteiger partial charge in [-0.3, -0.25) is 14.5 Å². The fourth-order valence-electron chi connectivity index (χ4n) is 2.58. The Morgan fingerprint density at radius 3 is 2.62 bits per heavy atom. The molecule has 2 aromatic rings. The third-order valence-electron chi connectivity index (χ3n) is 3.92. The zero-order valence-corrected chi connectivity index (χ0v) is 13.7. The van der Waals surface area contributed by atoms with Crippen molar-refractivity contribution >= 4 is 23.3 Å². The fourth-order valence-corrected chi connectivity index (χ4v) is 2.58. The van der Waals surface area contributed by atoms with Crippen LogP contribution in [0.1, 0.15) is 23.7 Å². The molecule has 1 aromatic heterocycles. The van der Waals surface area contributed by atoms with Crippen molar-refractivity contribution in [1.82, 2.24) is 4.98 Å². The van der Waals surface area contributed by atoms with E-state index < -0.39 is 34.4 Å². The number of benzene rings is 1. The number of anilines is 1. The van der Waals surface area contributed by atoms with Crippen LogP contribution in [0.3, 0.4) is 0 Å². The molecular weight excluding hydrogens is 345 g/mol. The molecule has 9 heteroatoms. The standard InChI is InChI=1S/C17H14FN3O5/c1-2-13-17(23)20(9-12(22)10-3-5-11(18)6-4-10)16-14(26-13)7-8-15(19-16)21(24)25/h3-8,13H,2,9H2,1H3. The molecule has 1 unspecified atom stereocenters. The van der Waals surface area contributed by atoms with Crippen LogP contribution < -0.4 is 9.64 Å². The summed E-state index contributed by atoms with van der Waals surface area (Å²) in [6.07, 6.45) is -0.456. The summed E-state index contributed by atoms with van der Waals surface area (Å²) in [5.74, 6) is -1.80. The highest BCUT2D eigenvalue weighted by atomic mass is 19.1. The molecule has 0 N–H and O–H groups in total. The van der Waals surface area contributed by atoms with Crippen molar-refractivity contribution in [3.8, 4) is 5.75 Å². The van der Waals surface area contributed by atoms with Gasteiger partial charge in [-0.15, -0.1) is 0 Å². The zero-order valence-electron chi connectivity index (χ0n) is 13.7. The lowest BCUT2D eigenvalue weighted by Gasteiger charge is -2.30. The monoisotopic (exact) mass is 359 g/mol. The van der Waals surface area contributed by atoms with E-state index in [1.165, 1.54) is 24.3 Å². The molecule has 1 amide bonds. The zero-order chi connectivity index (χ0) is 18.8. The number of ether oxygens (including phenoxy) is 1. The summed E-state index contributed by atoms with van der Waals surface area (Å²) in [7, 11) is 0. The van der Waals surface area contributed by atoms with Gasteiger partial charge in [-0.1, -0.05) is 6.92 Å². The normalized spacial score (nSPS) is 16.0. The van der Waals surface area contributed by atoms with E-state index in [4.69, 9.17) is 4.74 Å². The van der Waals surface area contributed by atoms with E-state index in [-0.39, 0.29) is 23.7 Å². The maximum Gasteiger partial charge on any atom is 0.366 e. The van der Waals surface area contributed by atoms with Crippen molar-refractivity contribution in [3.05, 3.63) is 57.9 Å². The Balaban J connectivity index is 1.97. The summed E-state index contributed by atoms with van der Waals surface area (Å²) in [4.78, 5) is 40.3. The summed E-state index contributed by atoms with van der Waals surface area (Å²) >= 11 is 0. The molecule has 3 rings (SSSR count). The third kappa shape index (κ3) is 3.23. The predicted molar refractivity (Wildman–Crippen MR) is 88.7 cm³/mol. The Kier molecular flexibility index (Phi) is 4.61. The average molecular weight is 359 g/mol. The first-order valence-corrected chi connectivity index (χ1v) is 7.83. The molecule has 26 heavy (non-hydrogen) atoms. The summed E-state index contributed by atoms with van der Waals surface area (Å²) < 4.78 is 18.5. The molecule has 0 saturated heterocycles. The van der Waals surface area contributed by atoms with Gasteiger partial charge in [-0.25, -0.2) is 4.39 Å². The molecule has 1 aliphatic rings. The topological polar surface area (TPSA) is 103 Å². The largest absolute Gasteiger partial charge is 0.474 e. The molecule has 0 aliphatic carbocycles. The van der Waals surface area contributed by atoms with E-state index >= 15 is 0 Å². The molecule has 2 heterocycles. The first-order chi connectivity index (χ1) is 12.4. The Morgan fingerprint density at radius 2 is 2.00 bits per heavy atom. The fraction of sp³-hybridized carbons (Fsp3) is 0.235. The van der Waals surface area contributed by atoms with Crippen LogP contribution in [0.25, 0.3) is 0 Å². The van der Waals surface area contributed by atoms with E-state index in [1.807, 2.05) is 0 Å². The molecule has 0 radical (unpaired) electrons. The Bertz CT molecular complexity index is 884. The van der Waals surface area contributed by atoms with Crippen molar-refractivity contribution in [2.75, 3.05) is 11.4 Å². The van der Waals surface area contributed by atoms with Crippen LogP contribution in [0.15, 0.2) is 36.4 Å². The van der Waals surface area contributed by atoms with Gasteiger partial charge in [0.1, 0.15) is 5.82 Å². The van der Waals surface area contributed by atoms with Crippen molar-refractivity contribution in [2.24, 2.45) is 0 Å². The molecule has 1 aromatic carbocycles. The average Bonchev–Trinajstić information content (AvgIpc) is 2.63. The second-order valence-electron chi connectivity index (χ2n) is 5.62. The number of carbonyl (C=O) groups excluding carboxylic acids is 2. The number of hydrogen-bond acceptors (Lipinski definition) is 6. The molecular formula is C17H14FN3O5. The minimum atomic E-state index is -0.813. The SMILES string of the molecule is CCC1Oc2ccc([N+](=O)[O-])nc2N(CC(=O)c2ccc(F)cc2)C1=O. The minimum Gasteiger partial charge on any atom is -0.474 e. The molecule has 0 spiro atoms. The highest BCUT2D eigenvalue weighted by molar-refractivity contribution is 6.07. The van der Waals surface area contributed by atoms with Crippen LogP contribution in [0, 0.1) is 15.9 Å². The number of aromatic nitrogens is 1. The first kappa shape index (κ1) is 17.5. The number of halogens is 1. The van der Waals surface area contributed by atoms with Crippen molar-refractivity contribution < 1.29 is 23.6 Å². The van der Waals surface area contributed by atoms with Gasteiger partial charge in [0.05, 0.1) is 6.54 Å². The number of ketones is 1. The molecule has 0 bridgehead atoms. The van der Waals surface area contributed by atoms with Crippen LogP contribution in [-0.4, -0.2) is 34.2 Å². The van der Waals surface area contributed by atoms with Crippen LogP contribution in [0.5, 0.6) is 5.75 Å². The van der Waals surface area contributed by atoms with E-state index in [1.54, 1.807) is 6.92 Å². The third-order valence-corrected chi connectivity index (χ3v) is 3.92. The van der Waals surface area contributed by atoms with Gasteiger partial charge in [0.25, 0.3) is 11.7 Å². The maximum absolute atomic E-state index is 13.0. The smallest absolute Gasteiger partial charge is 0.366 e. The first-order valence-electron chi connectivity index (χ1n) is 7.83. The van der Waals surface area contributed by atoms with Gasteiger partial charge in [-0.05, 0) is 46.7 Å². The van der Waals surface area contributed by atoms with E-state index in [2.05, 4.69) is 4.98 Å². The number of fused-ring (bicyclic) bond motifs is 1. The maximum atomic E-state index is 13.0. The van der Waals surface area contributed by atoms with Gasteiger partial charge in [0.15, 0.2) is 17.6 Å². The second-order valence-corrected chi connectivity index (χ2v) is 5.62. The number of Topliss-reactive ketones (excluding diaryl/α,β-unsaturated/α-hetero) is 1. The molecule has 8 nitrogen and oxygen atoms in total. The van der Waals surface area contributed by atoms with Gasteiger partial charge in [-0.2, -0.15) is 0 Å². The minimum absolute atomic E-state index is 0.0793. The van der Waals surface area contributed by atoms with Crippen LogP contribution in [0.4, 0.5) is 16.0 Å². The highest BCUT2D eigenvalue weighted by Crippen LogP contribution is 2.34. The number of carbonyl (C=O) groups is 2. The number of rotatable bonds is 5. The number of nitro groups is 1. The van der Waals surface area contributed by atoms with Crippen molar-refractivity contribution in [1.29, 1.82) is 0 Å². The highest BCUT2D eigenvalue weighted by Gasteiger charge is 2.39. The van der Waals surface area contributed by atoms with Gasteiger partial charge >= 0.3 is 5.82 Å². The summed E-state index contributed by atoms with van der Waals surface area (Å²) in [6.45, 7) is 1.36. The van der Waals surface area contributed by atoms with Crippen LogP contribution in [-0.2, 0) is 4.79 Å². The number of nitrogens with zero attached hydrogens (tertiary/aromatic N) is 3. The molecule has 134 valence electrons. The molecule has 0 saturated carbocycles. The van der Waals surface area contributed by atoms with Crippen LogP contribution >= 0.6 is 0 Å². The lowest BCUT2D eigenvalue weighted by molar-refractivity contribution is -0.389. The Hall–Kier alpha value is -3.36. The Labute approximate surface area is 147 Å². The molecule has 1 atom stereocenters. The van der Waals surface area contributed by atoms with Crippen molar-refractivity contribution in [3.63, 3.8) is 0 Å². The summed E-state index contributed by atoms with van der Waals surface area (Å²) in [5, 5.41) is 11.0. The molecule has 1 aliphatic heterocycles. The van der Waals surface area contributed by atoms with Gasteiger partial charge < -0.3 is 14.9 Å². The van der Waals surface area contributed by atoms with E-state index in [0.717, 1.165) is 17.0 Å². The predicted octanol–water partition coefficient (Wildman–Crippen LogP) is 2.52. The lowest BCUT2D eigenvalue weighted by atomic mass is 10.1. The van der Waals surface area contributed by atoms with Crippen molar-refractivity contribution in [2.45, 2.75) is 19.4 Å². The second kappa shape index (κ2) is 6.87. The van der Waals surface area contributed by atoms with Gasteiger partial charge in [0, 0.05) is 11.6 Å². The van der Waals surface area contributed by atoms with E-state index in [9.17, 15) is 24.1 Å². The van der Waals surface area contributed by atoms with E-state index in [0.29, 0.717) is 6.42 Å². The Morgan fingerprint density at radius 1 is 1.31 bits per heavy atom. The summed E-state index contributed by atoms with van der Waals surface area (Å²) in [6, 6.07) is 7.41. The van der Waals surface area contributed by atoms with Crippen LogP contribution in [0.2, 0.25) is 0 Å². The number of hydrogen-bond donors (Lipinski definition) is 0. The number of amides is 1. The lowest BCUT2D eigenvalue weighted by Crippen LogP contribution is -2.48. The quantitative estimate of drug-likeness (QED) is 0.462. The number of pyridine rings is 1. The summed E-state index contributed by atoms with van der Waals surface area (Å²) in [5.41, 5.74) is 0.214. The molecule has 0 fully saturated rings. The van der Waals surface area contributed by atoms with Gasteiger partial charge in [0.2, 0.25) is 0 Å².